The molecule has 1 aromatic heterocycles. The summed E-state index contributed by atoms with van der Waals surface area (Å²) in [6.07, 6.45) is 3.54. The number of aromatic nitrogens is 1. The molecule has 2 N–H and O–H groups in total. The lowest BCUT2D eigenvalue weighted by atomic mass is 10.3. The third-order valence-corrected chi connectivity index (χ3v) is 1.59. The molecule has 0 saturated heterocycles. The van der Waals surface area contributed by atoms with E-state index in [0.717, 1.165) is 12.3 Å². The largest absolute Gasteiger partial charge is 0.366 e. The fraction of sp³-hybridized carbons (Fsp3) is 0.286. The molecule has 0 saturated carbocycles. The summed E-state index contributed by atoms with van der Waals surface area (Å²) < 4.78 is 1.88. The number of aryl methyl sites for hydroxylation is 1. The van der Waals surface area contributed by atoms with Crippen molar-refractivity contribution >= 4 is 18.5 Å². The number of amides is 1. The van der Waals surface area contributed by atoms with Gasteiger partial charge in [0.25, 0.3) is 0 Å². The molecule has 0 radical (unpaired) electrons. The number of nitrogens with zero attached hydrogens (tertiary/aromatic N) is 1. The zero-order valence-electron chi connectivity index (χ0n) is 6.03. The average molecular weight is 170 g/mol. The van der Waals surface area contributed by atoms with Crippen molar-refractivity contribution in [3.63, 3.8) is 0 Å². The van der Waals surface area contributed by atoms with Crippen molar-refractivity contribution in [1.82, 2.24) is 4.57 Å². The summed E-state index contributed by atoms with van der Waals surface area (Å²) in [5.74, 6) is 0.371. The van der Waals surface area contributed by atoms with Gasteiger partial charge >= 0.3 is 0 Å². The lowest BCUT2D eigenvalue weighted by molar-refractivity contribution is 0.100. The first-order valence-electron chi connectivity index (χ1n) is 3.30. The summed E-state index contributed by atoms with van der Waals surface area (Å²) in [6.45, 7) is 0.802. The molecule has 0 bridgehead atoms. The summed E-state index contributed by atoms with van der Waals surface area (Å²) in [6, 6.07) is 1.70. The van der Waals surface area contributed by atoms with Crippen LogP contribution in [0.3, 0.4) is 0 Å². The molecule has 0 aliphatic rings. The topological polar surface area (TPSA) is 48.0 Å². The van der Waals surface area contributed by atoms with E-state index in [0.29, 0.717) is 5.56 Å². The molecule has 1 heterocycles. The molecule has 11 heavy (non-hydrogen) atoms. The Morgan fingerprint density at radius 2 is 2.45 bits per heavy atom. The maximum absolute atomic E-state index is 10.6. The smallest absolute Gasteiger partial charge is 0.250 e. The van der Waals surface area contributed by atoms with Crippen LogP contribution in [0.15, 0.2) is 18.5 Å². The predicted molar refractivity (Wildman–Crippen MR) is 46.8 cm³/mol. The molecular formula is C7H10N2OS. The molecule has 0 fully saturated rings. The van der Waals surface area contributed by atoms with Crippen molar-refractivity contribution in [3.8, 4) is 0 Å². The van der Waals surface area contributed by atoms with Crippen LogP contribution in [0.1, 0.15) is 10.4 Å². The molecule has 0 spiro atoms. The molecule has 4 heteroatoms. The van der Waals surface area contributed by atoms with Gasteiger partial charge in [0.15, 0.2) is 0 Å². The van der Waals surface area contributed by atoms with Crippen molar-refractivity contribution in [2.45, 2.75) is 6.54 Å². The Labute approximate surface area is 70.6 Å². The maximum atomic E-state index is 10.6. The van der Waals surface area contributed by atoms with E-state index in [4.69, 9.17) is 5.73 Å². The van der Waals surface area contributed by atoms with Crippen LogP contribution in [0.5, 0.6) is 0 Å². The van der Waals surface area contributed by atoms with E-state index in [1.807, 2.05) is 10.8 Å². The number of rotatable bonds is 3. The van der Waals surface area contributed by atoms with E-state index in [2.05, 4.69) is 12.6 Å². The second kappa shape index (κ2) is 3.48. The molecule has 0 aliphatic carbocycles. The highest BCUT2D eigenvalue weighted by Gasteiger charge is 2.00. The third-order valence-electron chi connectivity index (χ3n) is 1.39. The average Bonchev–Trinajstić information content (AvgIpc) is 2.37. The fourth-order valence-corrected chi connectivity index (χ4v) is 1.07. The number of hydrogen-bond acceptors (Lipinski definition) is 2. The standard InChI is InChI=1S/C7H10N2OS/c8-7(10)6-1-2-9(5-6)3-4-11/h1-2,5,11H,3-4H2,(H2,8,10). The predicted octanol–water partition coefficient (Wildman–Crippen LogP) is 0.517. The zero-order valence-corrected chi connectivity index (χ0v) is 6.92. The molecule has 0 atom stereocenters. The van der Waals surface area contributed by atoms with Crippen LogP contribution in [0.4, 0.5) is 0 Å². The highest BCUT2D eigenvalue weighted by Crippen LogP contribution is 1.99. The van der Waals surface area contributed by atoms with Crippen LogP contribution in [0.25, 0.3) is 0 Å². The van der Waals surface area contributed by atoms with Gasteiger partial charge in [-0.2, -0.15) is 12.6 Å². The number of hydrogen-bond donors (Lipinski definition) is 2. The van der Waals surface area contributed by atoms with Crippen LogP contribution in [0, 0.1) is 0 Å². The van der Waals surface area contributed by atoms with Crippen LogP contribution in [-0.4, -0.2) is 16.2 Å². The highest BCUT2D eigenvalue weighted by molar-refractivity contribution is 7.80. The van der Waals surface area contributed by atoms with Gasteiger partial charge in [-0.05, 0) is 6.07 Å². The Bertz CT molecular complexity index is 257. The third kappa shape index (κ3) is 2.01. The Morgan fingerprint density at radius 3 is 2.91 bits per heavy atom. The molecule has 60 valence electrons. The Morgan fingerprint density at radius 1 is 1.73 bits per heavy atom. The molecule has 3 nitrogen and oxygen atoms in total. The first-order chi connectivity index (χ1) is 5.24. The minimum atomic E-state index is -0.386. The van der Waals surface area contributed by atoms with Gasteiger partial charge in [-0.15, -0.1) is 0 Å². The van der Waals surface area contributed by atoms with E-state index < -0.39 is 0 Å². The molecule has 1 aromatic rings. The summed E-state index contributed by atoms with van der Waals surface area (Å²) in [4.78, 5) is 10.6. The lowest BCUT2D eigenvalue weighted by Crippen LogP contribution is -2.09. The van der Waals surface area contributed by atoms with Gasteiger partial charge in [0, 0.05) is 24.7 Å². The van der Waals surface area contributed by atoms with E-state index in [9.17, 15) is 4.79 Å². The Hall–Kier alpha value is -0.900. The van der Waals surface area contributed by atoms with E-state index in [-0.39, 0.29) is 5.91 Å². The summed E-state index contributed by atoms with van der Waals surface area (Å²) in [5.41, 5.74) is 5.60. The summed E-state index contributed by atoms with van der Waals surface area (Å²) >= 11 is 4.06. The number of carbonyl (C=O) groups excluding carboxylic acids is 1. The monoisotopic (exact) mass is 170 g/mol. The van der Waals surface area contributed by atoms with Crippen LogP contribution < -0.4 is 5.73 Å². The number of primary amides is 1. The van der Waals surface area contributed by atoms with E-state index >= 15 is 0 Å². The van der Waals surface area contributed by atoms with E-state index in [1.165, 1.54) is 0 Å². The van der Waals surface area contributed by atoms with Gasteiger partial charge in [0.2, 0.25) is 5.91 Å². The van der Waals surface area contributed by atoms with E-state index in [1.54, 1.807) is 12.3 Å². The number of carbonyl (C=O) groups is 1. The molecule has 0 aromatic carbocycles. The lowest BCUT2D eigenvalue weighted by Gasteiger charge is -1.95. The number of thiol groups is 1. The van der Waals surface area contributed by atoms with Gasteiger partial charge in [-0.25, -0.2) is 0 Å². The molecule has 0 unspecified atom stereocenters. The molecule has 1 amide bonds. The molecular weight excluding hydrogens is 160 g/mol. The zero-order chi connectivity index (χ0) is 8.27. The molecule has 1 rings (SSSR count). The minimum Gasteiger partial charge on any atom is -0.366 e. The molecule has 0 aliphatic heterocycles. The van der Waals surface area contributed by atoms with Gasteiger partial charge in [0.1, 0.15) is 0 Å². The van der Waals surface area contributed by atoms with Crippen molar-refractivity contribution < 1.29 is 4.79 Å². The summed E-state index contributed by atoms with van der Waals surface area (Å²) in [7, 11) is 0. The minimum absolute atomic E-state index is 0.386. The van der Waals surface area contributed by atoms with Crippen molar-refractivity contribution in [1.29, 1.82) is 0 Å². The maximum Gasteiger partial charge on any atom is 0.250 e. The van der Waals surface area contributed by atoms with Crippen molar-refractivity contribution in [2.24, 2.45) is 5.73 Å². The Balaban J connectivity index is 2.73. The van der Waals surface area contributed by atoms with Gasteiger partial charge < -0.3 is 10.3 Å². The first-order valence-corrected chi connectivity index (χ1v) is 3.93. The van der Waals surface area contributed by atoms with Crippen LogP contribution in [0.2, 0.25) is 0 Å². The quantitative estimate of drug-likeness (QED) is 0.638. The SMILES string of the molecule is NC(=O)c1ccn(CCS)c1. The van der Waals surface area contributed by atoms with Crippen molar-refractivity contribution in [3.05, 3.63) is 24.0 Å². The van der Waals surface area contributed by atoms with Gasteiger partial charge in [-0.1, -0.05) is 0 Å². The fourth-order valence-electron chi connectivity index (χ4n) is 0.841. The van der Waals surface area contributed by atoms with Crippen LogP contribution in [-0.2, 0) is 6.54 Å². The summed E-state index contributed by atoms with van der Waals surface area (Å²) in [5, 5.41) is 0. The normalized spacial score (nSPS) is 9.91. The Kier molecular flexibility index (Phi) is 2.59. The highest BCUT2D eigenvalue weighted by atomic mass is 32.1. The van der Waals surface area contributed by atoms with Gasteiger partial charge in [0.05, 0.1) is 5.56 Å². The second-order valence-corrected chi connectivity index (χ2v) is 2.67. The van der Waals surface area contributed by atoms with Crippen LogP contribution >= 0.6 is 12.6 Å². The second-order valence-electron chi connectivity index (χ2n) is 2.23. The first kappa shape index (κ1) is 8.20. The van der Waals surface area contributed by atoms with Crippen molar-refractivity contribution in [2.75, 3.05) is 5.75 Å². The number of nitrogens with two attached hydrogens (primary N) is 1. The van der Waals surface area contributed by atoms with Gasteiger partial charge in [-0.3, -0.25) is 4.79 Å².